The number of benzene rings is 1. The Morgan fingerprint density at radius 1 is 1.13 bits per heavy atom. The van der Waals surface area contributed by atoms with Crippen molar-refractivity contribution in [3.05, 3.63) is 45.6 Å². The number of anilines is 2. The number of hydrogen-bond donors (Lipinski definition) is 2. The van der Waals surface area contributed by atoms with E-state index in [2.05, 4.69) is 17.6 Å². The van der Waals surface area contributed by atoms with Crippen LogP contribution in [-0.4, -0.2) is 11.8 Å². The van der Waals surface area contributed by atoms with E-state index in [4.69, 9.17) is 0 Å². The van der Waals surface area contributed by atoms with E-state index in [1.165, 1.54) is 17.4 Å². The summed E-state index contributed by atoms with van der Waals surface area (Å²) in [5, 5.41) is 7.63. The van der Waals surface area contributed by atoms with Gasteiger partial charge in [-0.1, -0.05) is 6.92 Å². The first kappa shape index (κ1) is 15.7. The second-order valence-electron chi connectivity index (χ2n) is 6.11. The van der Waals surface area contributed by atoms with E-state index in [0.29, 0.717) is 5.92 Å². The quantitative estimate of drug-likeness (QED) is 0.892. The van der Waals surface area contributed by atoms with Crippen LogP contribution in [-0.2, 0) is 17.6 Å². The van der Waals surface area contributed by atoms with Crippen molar-refractivity contribution in [2.75, 3.05) is 10.6 Å². The Balaban J connectivity index is 1.71. The summed E-state index contributed by atoms with van der Waals surface area (Å²) >= 11 is 1.70. The minimum Gasteiger partial charge on any atom is -0.326 e. The molecule has 0 radical (unpaired) electrons. The number of fused-ring (bicyclic) bond motifs is 1. The van der Waals surface area contributed by atoms with Gasteiger partial charge in [-0.15, -0.1) is 11.3 Å². The molecule has 5 heteroatoms. The van der Waals surface area contributed by atoms with Gasteiger partial charge in [-0.05, 0) is 55.0 Å². The van der Waals surface area contributed by atoms with Gasteiger partial charge in [-0.25, -0.2) is 0 Å². The molecule has 0 saturated heterocycles. The second-order valence-corrected chi connectivity index (χ2v) is 7.08. The topological polar surface area (TPSA) is 58.2 Å². The van der Waals surface area contributed by atoms with Crippen molar-refractivity contribution in [1.82, 2.24) is 0 Å². The van der Waals surface area contributed by atoms with Crippen molar-refractivity contribution in [1.29, 1.82) is 0 Å². The molecule has 1 heterocycles. The molecular formula is C18H20N2O2S. The second kappa shape index (κ2) is 6.54. The molecule has 0 bridgehead atoms. The monoisotopic (exact) mass is 328 g/mol. The fraction of sp³-hybridized carbons (Fsp3) is 0.333. The zero-order valence-corrected chi connectivity index (χ0v) is 14.1. The first-order chi connectivity index (χ1) is 11.0. The molecule has 0 saturated carbocycles. The molecule has 1 aromatic heterocycles. The van der Waals surface area contributed by atoms with Crippen molar-refractivity contribution in [3.63, 3.8) is 0 Å². The third kappa shape index (κ3) is 3.62. The van der Waals surface area contributed by atoms with Gasteiger partial charge in [0.2, 0.25) is 5.91 Å². The van der Waals surface area contributed by atoms with Gasteiger partial charge in [0.05, 0.1) is 5.56 Å². The highest BCUT2D eigenvalue weighted by atomic mass is 32.1. The van der Waals surface area contributed by atoms with Crippen molar-refractivity contribution >= 4 is 34.5 Å². The summed E-state index contributed by atoms with van der Waals surface area (Å²) in [6.45, 7) is 3.73. The van der Waals surface area contributed by atoms with Crippen LogP contribution in [0.2, 0.25) is 0 Å². The van der Waals surface area contributed by atoms with Crippen LogP contribution in [0.4, 0.5) is 11.4 Å². The smallest absolute Gasteiger partial charge is 0.256 e. The lowest BCUT2D eigenvalue weighted by Gasteiger charge is -2.18. The first-order valence-corrected chi connectivity index (χ1v) is 8.69. The molecule has 1 aliphatic rings. The van der Waals surface area contributed by atoms with Gasteiger partial charge in [0.15, 0.2) is 0 Å². The minimum absolute atomic E-state index is 0.0515. The van der Waals surface area contributed by atoms with Crippen LogP contribution in [0.15, 0.2) is 29.6 Å². The molecule has 3 rings (SSSR count). The van der Waals surface area contributed by atoms with Gasteiger partial charge in [0, 0.05) is 28.6 Å². The fourth-order valence-electron chi connectivity index (χ4n) is 2.91. The Labute approximate surface area is 139 Å². The number of carbonyl (C=O) groups is 2. The highest BCUT2D eigenvalue weighted by molar-refractivity contribution is 7.10. The Morgan fingerprint density at radius 3 is 2.43 bits per heavy atom. The van der Waals surface area contributed by atoms with E-state index in [1.807, 2.05) is 5.38 Å². The maximum absolute atomic E-state index is 12.5. The zero-order chi connectivity index (χ0) is 16.4. The summed E-state index contributed by atoms with van der Waals surface area (Å²) in [6, 6.07) is 7.15. The molecule has 2 N–H and O–H groups in total. The molecule has 4 nitrogen and oxygen atoms in total. The fourth-order valence-corrected chi connectivity index (χ4v) is 4.15. The van der Waals surface area contributed by atoms with Gasteiger partial charge in [0.1, 0.15) is 0 Å². The van der Waals surface area contributed by atoms with Crippen LogP contribution in [0.25, 0.3) is 0 Å². The molecule has 0 unspecified atom stereocenters. The van der Waals surface area contributed by atoms with Crippen molar-refractivity contribution in [2.24, 2.45) is 5.92 Å². The van der Waals surface area contributed by atoms with Gasteiger partial charge >= 0.3 is 0 Å². The predicted molar refractivity (Wildman–Crippen MR) is 94.2 cm³/mol. The van der Waals surface area contributed by atoms with Crippen molar-refractivity contribution in [2.45, 2.75) is 33.1 Å². The van der Waals surface area contributed by atoms with Gasteiger partial charge in [-0.2, -0.15) is 0 Å². The summed E-state index contributed by atoms with van der Waals surface area (Å²) in [5.41, 5.74) is 3.48. The van der Waals surface area contributed by atoms with Crippen LogP contribution < -0.4 is 10.6 Å². The summed E-state index contributed by atoms with van der Waals surface area (Å²) in [6.07, 6.45) is 3.22. The molecule has 1 aromatic carbocycles. The average molecular weight is 328 g/mol. The minimum atomic E-state index is -0.110. The largest absolute Gasteiger partial charge is 0.326 e. The molecule has 0 aliphatic heterocycles. The van der Waals surface area contributed by atoms with Crippen molar-refractivity contribution < 1.29 is 9.59 Å². The third-order valence-corrected chi connectivity index (χ3v) is 5.16. The van der Waals surface area contributed by atoms with E-state index in [9.17, 15) is 9.59 Å². The predicted octanol–water partition coefficient (Wildman–Crippen LogP) is 4.08. The van der Waals surface area contributed by atoms with E-state index < -0.39 is 0 Å². The van der Waals surface area contributed by atoms with Gasteiger partial charge in [0.25, 0.3) is 5.91 Å². The Morgan fingerprint density at radius 2 is 1.78 bits per heavy atom. The molecule has 1 aliphatic carbocycles. The van der Waals surface area contributed by atoms with Crippen LogP contribution in [0.3, 0.4) is 0 Å². The van der Waals surface area contributed by atoms with E-state index >= 15 is 0 Å². The summed E-state index contributed by atoms with van der Waals surface area (Å²) in [4.78, 5) is 24.9. The molecule has 1 atom stereocenters. The SMILES string of the molecule is CC(=O)Nc1ccc(NC(=O)c2csc3c2CC[C@H](C)C3)cc1. The maximum atomic E-state index is 12.5. The Kier molecular flexibility index (Phi) is 4.48. The van der Waals surface area contributed by atoms with Crippen LogP contribution in [0, 0.1) is 5.92 Å². The van der Waals surface area contributed by atoms with Gasteiger partial charge < -0.3 is 10.6 Å². The maximum Gasteiger partial charge on any atom is 0.256 e. The van der Waals surface area contributed by atoms with E-state index in [1.54, 1.807) is 35.6 Å². The summed E-state index contributed by atoms with van der Waals surface area (Å²) in [5.74, 6) is 0.545. The number of hydrogen-bond acceptors (Lipinski definition) is 3. The summed E-state index contributed by atoms with van der Waals surface area (Å²) < 4.78 is 0. The molecule has 120 valence electrons. The summed E-state index contributed by atoms with van der Waals surface area (Å²) in [7, 11) is 0. The van der Waals surface area contributed by atoms with Crippen LogP contribution in [0.1, 0.15) is 41.1 Å². The van der Waals surface area contributed by atoms with E-state index in [0.717, 1.165) is 36.2 Å². The average Bonchev–Trinajstić information content (AvgIpc) is 2.91. The highest BCUT2D eigenvalue weighted by Gasteiger charge is 2.23. The molecule has 2 aromatic rings. The number of rotatable bonds is 3. The number of carbonyl (C=O) groups excluding carboxylic acids is 2. The van der Waals surface area contributed by atoms with Crippen LogP contribution >= 0.6 is 11.3 Å². The highest BCUT2D eigenvalue weighted by Crippen LogP contribution is 2.33. The first-order valence-electron chi connectivity index (χ1n) is 7.81. The normalized spacial score (nSPS) is 16.5. The number of amides is 2. The lowest BCUT2D eigenvalue weighted by molar-refractivity contribution is -0.114. The third-order valence-electron chi connectivity index (χ3n) is 4.11. The molecule has 0 spiro atoms. The van der Waals surface area contributed by atoms with Crippen molar-refractivity contribution in [3.8, 4) is 0 Å². The van der Waals surface area contributed by atoms with Crippen LogP contribution in [0.5, 0.6) is 0 Å². The molecule has 2 amide bonds. The number of nitrogens with one attached hydrogen (secondary N) is 2. The molecule has 0 fully saturated rings. The Hall–Kier alpha value is -2.14. The molecule has 23 heavy (non-hydrogen) atoms. The van der Waals surface area contributed by atoms with E-state index in [-0.39, 0.29) is 11.8 Å². The van der Waals surface area contributed by atoms with Gasteiger partial charge in [-0.3, -0.25) is 9.59 Å². The lowest BCUT2D eigenvalue weighted by Crippen LogP contribution is -2.16. The lowest BCUT2D eigenvalue weighted by atomic mass is 9.88. The Bertz CT molecular complexity index is 734. The molecular weight excluding hydrogens is 308 g/mol. The zero-order valence-electron chi connectivity index (χ0n) is 13.3. The number of thiophene rings is 1. The standard InChI is InChI=1S/C18H20N2O2S/c1-11-3-8-15-16(10-23-17(15)9-11)18(22)20-14-6-4-13(5-7-14)19-12(2)21/h4-7,10-11H,3,8-9H2,1-2H3,(H,19,21)(H,20,22)/t11-/m0/s1.